The van der Waals surface area contributed by atoms with E-state index in [4.69, 9.17) is 4.74 Å². The number of carbonyl (C=O) groups excluding carboxylic acids is 1. The van der Waals surface area contributed by atoms with Gasteiger partial charge in [0.05, 0.1) is 16.2 Å². The molecule has 0 aliphatic carbocycles. The summed E-state index contributed by atoms with van der Waals surface area (Å²) in [6.07, 6.45) is 0.681. The van der Waals surface area contributed by atoms with Crippen molar-refractivity contribution in [2.45, 2.75) is 45.9 Å². The van der Waals surface area contributed by atoms with Crippen molar-refractivity contribution < 1.29 is 9.53 Å². The average Bonchev–Trinajstić information content (AvgIpc) is 2.98. The molecule has 0 saturated carbocycles. The minimum Gasteiger partial charge on any atom is -0.491 e. The van der Waals surface area contributed by atoms with E-state index in [1.165, 1.54) is 11.5 Å². The molecule has 0 aliphatic heterocycles. The zero-order valence-corrected chi connectivity index (χ0v) is 16.6. The molecule has 0 saturated heterocycles. The molecule has 0 radical (unpaired) electrons. The van der Waals surface area contributed by atoms with E-state index in [1.54, 1.807) is 10.0 Å². The van der Waals surface area contributed by atoms with E-state index < -0.39 is 6.04 Å². The number of ether oxygens (including phenoxy) is 1. The molecule has 1 heterocycles. The Labute approximate surface area is 162 Å². The number of hydrogen-bond donors (Lipinski definition) is 1. The lowest BCUT2D eigenvalue weighted by Gasteiger charge is -2.15. The first-order chi connectivity index (χ1) is 13.0. The number of hydrogen-bond acceptors (Lipinski definition) is 4. The molecule has 3 rings (SSSR count). The van der Waals surface area contributed by atoms with E-state index in [-0.39, 0.29) is 17.6 Å². The molecule has 0 fully saturated rings. The van der Waals surface area contributed by atoms with Crippen molar-refractivity contribution in [3.05, 3.63) is 64.4 Å². The molecule has 2 aromatic carbocycles. The van der Waals surface area contributed by atoms with Crippen molar-refractivity contribution >= 4 is 27.5 Å². The van der Waals surface area contributed by atoms with Crippen LogP contribution in [0.3, 0.4) is 0 Å². The number of aromatic nitrogens is 1. The molecule has 0 spiro atoms. The van der Waals surface area contributed by atoms with Crippen LogP contribution in [0.25, 0.3) is 10.1 Å². The first kappa shape index (κ1) is 19.2. The highest BCUT2D eigenvalue weighted by Gasteiger charge is 2.22. The Morgan fingerprint density at radius 2 is 1.85 bits per heavy atom. The molecule has 1 amide bonds. The number of benzene rings is 2. The maximum atomic E-state index is 12.7. The highest BCUT2D eigenvalue weighted by Crippen LogP contribution is 2.22. The predicted molar refractivity (Wildman–Crippen MR) is 109 cm³/mol. The van der Waals surface area contributed by atoms with Crippen LogP contribution in [0.4, 0.5) is 0 Å². The Balaban J connectivity index is 1.70. The summed E-state index contributed by atoms with van der Waals surface area (Å²) in [4.78, 5) is 25.3. The molecule has 6 heteroatoms. The van der Waals surface area contributed by atoms with Crippen molar-refractivity contribution in [3.63, 3.8) is 0 Å². The zero-order chi connectivity index (χ0) is 19.4. The van der Waals surface area contributed by atoms with E-state index in [0.29, 0.717) is 18.4 Å². The van der Waals surface area contributed by atoms with Gasteiger partial charge >= 0.3 is 0 Å². The van der Waals surface area contributed by atoms with Crippen LogP contribution in [0.2, 0.25) is 0 Å². The Hall–Kier alpha value is -2.60. The first-order valence-electron chi connectivity index (χ1n) is 9.13. The number of carbonyl (C=O) groups is 1. The van der Waals surface area contributed by atoms with Gasteiger partial charge in [-0.05, 0) is 50.1 Å². The highest BCUT2D eigenvalue weighted by molar-refractivity contribution is 7.14. The third-order valence-electron chi connectivity index (χ3n) is 4.25. The summed E-state index contributed by atoms with van der Waals surface area (Å²) in [7, 11) is 0. The van der Waals surface area contributed by atoms with Gasteiger partial charge in [-0.25, -0.2) is 0 Å². The number of rotatable bonds is 7. The lowest BCUT2D eigenvalue weighted by atomic mass is 10.2. The smallest absolute Gasteiger partial charge is 0.269 e. The summed E-state index contributed by atoms with van der Waals surface area (Å²) in [6, 6.07) is 14.6. The van der Waals surface area contributed by atoms with Gasteiger partial charge in [-0.15, -0.1) is 0 Å². The first-order valence-corrected chi connectivity index (χ1v) is 9.90. The second-order valence-electron chi connectivity index (χ2n) is 6.67. The molecule has 1 aromatic heterocycles. The molecule has 1 atom stereocenters. The van der Waals surface area contributed by atoms with Gasteiger partial charge in [-0.2, -0.15) is 0 Å². The largest absolute Gasteiger partial charge is 0.491 e. The standard InChI is InChI=1S/C21H24N2O3S/c1-4-18(23-21(25)17-7-5-6-8-19(17)27-23)20(24)22-13-15-9-11-16(12-10-15)26-14(2)3/h5-12,14,18H,4,13H2,1-3H3,(H,22,24)/t18-/m1/s1. The van der Waals surface area contributed by atoms with Gasteiger partial charge in [-0.1, -0.05) is 42.7 Å². The summed E-state index contributed by atoms with van der Waals surface area (Å²) >= 11 is 1.34. The molecule has 5 nitrogen and oxygen atoms in total. The maximum Gasteiger partial charge on any atom is 0.269 e. The minimum absolute atomic E-state index is 0.104. The summed E-state index contributed by atoms with van der Waals surface area (Å²) in [5.74, 6) is 0.664. The summed E-state index contributed by atoms with van der Waals surface area (Å²) in [5, 5.41) is 3.61. The lowest BCUT2D eigenvalue weighted by molar-refractivity contribution is -0.124. The molecule has 0 unspecified atom stereocenters. The quantitative estimate of drug-likeness (QED) is 0.667. The SMILES string of the molecule is CC[C@H](C(=O)NCc1ccc(OC(C)C)cc1)n1sc2ccccc2c1=O. The fraction of sp³-hybridized carbons (Fsp3) is 0.333. The van der Waals surface area contributed by atoms with Crippen molar-refractivity contribution in [2.75, 3.05) is 0 Å². The molecular weight excluding hydrogens is 360 g/mol. The van der Waals surface area contributed by atoms with Gasteiger partial charge < -0.3 is 10.1 Å². The second-order valence-corrected chi connectivity index (χ2v) is 7.69. The van der Waals surface area contributed by atoms with Crippen LogP contribution in [0.5, 0.6) is 5.75 Å². The molecular formula is C21H24N2O3S. The average molecular weight is 385 g/mol. The van der Waals surface area contributed by atoms with Crippen molar-refractivity contribution in [3.8, 4) is 5.75 Å². The van der Waals surface area contributed by atoms with Gasteiger partial charge in [0.1, 0.15) is 11.8 Å². The van der Waals surface area contributed by atoms with Crippen LogP contribution in [-0.4, -0.2) is 16.0 Å². The Kier molecular flexibility index (Phi) is 5.96. The zero-order valence-electron chi connectivity index (χ0n) is 15.8. The van der Waals surface area contributed by atoms with E-state index in [9.17, 15) is 9.59 Å². The van der Waals surface area contributed by atoms with Crippen LogP contribution >= 0.6 is 11.5 Å². The number of nitrogens with one attached hydrogen (secondary N) is 1. The van der Waals surface area contributed by atoms with Crippen molar-refractivity contribution in [1.29, 1.82) is 0 Å². The van der Waals surface area contributed by atoms with E-state index in [1.807, 2.05) is 63.2 Å². The topological polar surface area (TPSA) is 60.3 Å². The van der Waals surface area contributed by atoms with Gasteiger partial charge in [-0.3, -0.25) is 13.5 Å². The molecule has 142 valence electrons. The van der Waals surface area contributed by atoms with Crippen LogP contribution < -0.4 is 15.6 Å². The summed E-state index contributed by atoms with van der Waals surface area (Å²) in [5.41, 5.74) is 0.880. The van der Waals surface area contributed by atoms with Gasteiger partial charge in [0, 0.05) is 6.54 Å². The maximum absolute atomic E-state index is 12.7. The highest BCUT2D eigenvalue weighted by atomic mass is 32.1. The second kappa shape index (κ2) is 8.39. The minimum atomic E-state index is -0.501. The fourth-order valence-electron chi connectivity index (χ4n) is 2.92. The van der Waals surface area contributed by atoms with E-state index in [2.05, 4.69) is 5.32 Å². The third-order valence-corrected chi connectivity index (χ3v) is 5.42. The third kappa shape index (κ3) is 4.39. The monoisotopic (exact) mass is 384 g/mol. The van der Waals surface area contributed by atoms with E-state index in [0.717, 1.165) is 16.0 Å². The number of amides is 1. The Morgan fingerprint density at radius 3 is 2.48 bits per heavy atom. The lowest BCUT2D eigenvalue weighted by Crippen LogP contribution is -2.34. The number of nitrogens with zero attached hydrogens (tertiary/aromatic N) is 1. The van der Waals surface area contributed by atoms with Gasteiger partial charge in [0.15, 0.2) is 0 Å². The van der Waals surface area contributed by atoms with E-state index >= 15 is 0 Å². The normalized spacial score (nSPS) is 12.3. The van der Waals surface area contributed by atoms with Crippen molar-refractivity contribution in [1.82, 2.24) is 9.27 Å². The van der Waals surface area contributed by atoms with Crippen LogP contribution in [0, 0.1) is 0 Å². The Morgan fingerprint density at radius 1 is 1.15 bits per heavy atom. The van der Waals surface area contributed by atoms with Crippen molar-refractivity contribution in [2.24, 2.45) is 0 Å². The molecule has 0 aliphatic rings. The summed E-state index contributed by atoms with van der Waals surface area (Å²) < 4.78 is 8.11. The van der Waals surface area contributed by atoms with Crippen LogP contribution in [0.15, 0.2) is 53.3 Å². The molecule has 1 N–H and O–H groups in total. The molecule has 3 aromatic rings. The number of fused-ring (bicyclic) bond motifs is 1. The van der Waals surface area contributed by atoms with Gasteiger partial charge in [0.25, 0.3) is 5.56 Å². The molecule has 27 heavy (non-hydrogen) atoms. The van der Waals surface area contributed by atoms with Crippen LogP contribution in [0.1, 0.15) is 38.8 Å². The Bertz CT molecular complexity index is 973. The predicted octanol–water partition coefficient (Wildman–Crippen LogP) is 4.12. The fourth-order valence-corrected chi connectivity index (χ4v) is 4.08. The van der Waals surface area contributed by atoms with Gasteiger partial charge in [0.2, 0.25) is 5.91 Å². The molecule has 0 bridgehead atoms. The van der Waals surface area contributed by atoms with Crippen LogP contribution in [-0.2, 0) is 11.3 Å². The summed E-state index contributed by atoms with van der Waals surface area (Å²) in [6.45, 7) is 6.29.